The molecule has 13 N–H and O–H groups in total. The maximum Gasteiger partial charge on any atom is 0.401 e. The van der Waals surface area contributed by atoms with Crippen LogP contribution in [0.4, 0.5) is 29.2 Å². The van der Waals surface area contributed by atoms with E-state index in [1.807, 2.05) is 0 Å². The minimum absolute atomic E-state index is 0.000934. The zero-order valence-electron chi connectivity index (χ0n) is 38.5. The normalized spacial score (nSPS) is 32.0. The predicted octanol–water partition coefficient (Wildman–Crippen LogP) is -7.00. The molecule has 0 aromatic carbocycles. The Balaban J connectivity index is 0.844. The second-order valence-corrected chi connectivity index (χ2v) is 23.3. The lowest BCUT2D eigenvalue weighted by Gasteiger charge is -2.35. The SMILES string of the molecule is CO[C@H]1[C@@H](O[P@](C)(=O)OC[C@H]2O[C@@H](n3cnc4c(=O)[nH]c(N)nc43)[C@H](O)[C@@H]2O)[C@H](n2cnc3c(N)ncnc32)O[C@@H]1COP(=O)([O-])OP(=O)([O-])OP(=O)([O-])OC[C@H]1O[C@@H]([N+]2=C[NH+](C)c3c2nc(N)[nH]c3=O)[C@H](O)[C@@H]1O. The number of methoxy groups -OCH3 is 1. The molecule has 75 heavy (non-hydrogen) atoms. The van der Waals surface area contributed by atoms with Crippen molar-refractivity contribution in [2.75, 3.05) is 57.8 Å². The fourth-order valence-electron chi connectivity index (χ4n) is 8.49. The first kappa shape index (κ1) is 54.8. The minimum Gasteiger partial charge on any atom is -0.756 e. The van der Waals surface area contributed by atoms with Gasteiger partial charge in [-0.1, -0.05) is 0 Å². The standard InChI is InChI=1S/C33H45N15O23P4/c1-45-10-48(26-16(45)28(54)44-33(36)42-26)30-20(52)18(50)12(67-30)5-64-73(56,57)70-75(60,61)71-74(58,59)65-6-13-21(62-2)22(31(68-13)46-8-39-14-23(34)37-7-38-24(14)46)69-72(3,55)63-4-11-17(49)19(51)29(66-11)47-9-40-15-25(47)41-32(35)43-27(15)53/h7-13,17-22,29-31,49-52H,4-6H2,1-3H3,(H10-,34,35,36,37,38,41,42,43,44,53,54,56,57,58,59,60,61)/p-1/t11-,12-,13-,17-,18-,19-,20-,21-,22-,29-,30-,31-,72-/m1/s1. The molecular weight excluding hydrogens is 1100 g/mol. The van der Waals surface area contributed by atoms with Crippen molar-refractivity contribution in [2.45, 2.75) is 73.6 Å². The van der Waals surface area contributed by atoms with Crippen LogP contribution in [0.5, 0.6) is 0 Å². The summed E-state index contributed by atoms with van der Waals surface area (Å²) in [6.45, 7) is -2.14. The van der Waals surface area contributed by atoms with Gasteiger partial charge < -0.3 is 84.8 Å². The summed E-state index contributed by atoms with van der Waals surface area (Å²) in [6, 6.07) is 0. The highest BCUT2D eigenvalue weighted by atomic mass is 31.3. The van der Waals surface area contributed by atoms with Gasteiger partial charge in [-0.25, -0.2) is 33.5 Å². The number of hydrogen-bond acceptors (Lipinski definition) is 32. The third-order valence-corrected chi connectivity index (χ3v) is 17.1. The Morgan fingerprint density at radius 2 is 1.29 bits per heavy atom. The number of nitrogens with zero attached hydrogens (tertiary/aromatic N) is 9. The fourth-order valence-corrected chi connectivity index (χ4v) is 13.0. The van der Waals surface area contributed by atoms with Gasteiger partial charge in [-0.15, -0.1) is 4.58 Å². The second-order valence-electron chi connectivity index (χ2n) is 16.8. The molecule has 0 aliphatic carbocycles. The molecule has 5 aromatic rings. The van der Waals surface area contributed by atoms with E-state index in [1.54, 1.807) is 0 Å². The van der Waals surface area contributed by atoms with Crippen LogP contribution in [0.3, 0.4) is 0 Å². The topological polar surface area (TPSA) is 549 Å². The maximum absolute atomic E-state index is 14.1. The third-order valence-electron chi connectivity index (χ3n) is 11.8. The number of phosphoric acid groups is 3. The number of ether oxygens (including phenoxy) is 4. The van der Waals surface area contributed by atoms with Crippen LogP contribution in [0.25, 0.3) is 22.3 Å². The number of aromatic nitrogens is 10. The minimum atomic E-state index is -6.50. The number of hydrogen-bond donors (Lipinski definition) is 10. The first-order chi connectivity index (χ1) is 35.2. The quantitative estimate of drug-likeness (QED) is 0.0271. The molecule has 4 aliphatic rings. The van der Waals surface area contributed by atoms with Crippen LogP contribution in [0.15, 0.2) is 28.6 Å². The number of nitrogens with one attached hydrogen (secondary N) is 3. The lowest BCUT2D eigenvalue weighted by molar-refractivity contribution is -0.715. The highest BCUT2D eigenvalue weighted by molar-refractivity contribution is 7.65. The maximum atomic E-state index is 14.1. The number of aliphatic hydroxyl groups is 4. The van der Waals surface area contributed by atoms with E-state index in [2.05, 4.69) is 53.0 Å². The van der Waals surface area contributed by atoms with Gasteiger partial charge in [-0.05, 0) is 0 Å². The number of fused-ring (bicyclic) bond motifs is 3. The number of nitrogens with two attached hydrogens (primary N) is 3. The van der Waals surface area contributed by atoms with Crippen LogP contribution in [0, 0.1) is 0 Å². The van der Waals surface area contributed by atoms with Crippen LogP contribution in [-0.4, -0.2) is 182 Å². The molecule has 38 nitrogen and oxygen atoms in total. The Bertz CT molecular complexity index is 3360. The van der Waals surface area contributed by atoms with Crippen LogP contribution in [0.1, 0.15) is 12.5 Å². The number of quaternary nitrogens is 1. The van der Waals surface area contributed by atoms with E-state index < -0.39 is 136 Å². The van der Waals surface area contributed by atoms with Crippen molar-refractivity contribution in [1.29, 1.82) is 0 Å². The molecule has 0 spiro atoms. The summed E-state index contributed by atoms with van der Waals surface area (Å²) < 4.78 is 108. The second kappa shape index (κ2) is 20.4. The summed E-state index contributed by atoms with van der Waals surface area (Å²) in [5.41, 5.74) is 15.8. The van der Waals surface area contributed by atoms with Gasteiger partial charge in [0.05, 0.1) is 39.5 Å². The predicted molar refractivity (Wildman–Crippen MR) is 237 cm³/mol. The van der Waals surface area contributed by atoms with Gasteiger partial charge in [-0.2, -0.15) is 4.98 Å². The number of aliphatic hydroxyl groups excluding tert-OH is 4. The van der Waals surface area contributed by atoms with Gasteiger partial charge in [0.1, 0.15) is 66.8 Å². The van der Waals surface area contributed by atoms with Crippen molar-refractivity contribution in [3.05, 3.63) is 39.7 Å². The first-order valence-electron chi connectivity index (χ1n) is 21.5. The molecule has 3 fully saturated rings. The molecule has 0 amide bonds. The summed E-state index contributed by atoms with van der Waals surface area (Å²) in [7, 11) is -20.6. The molecule has 0 bridgehead atoms. The van der Waals surface area contributed by atoms with Crippen molar-refractivity contribution in [2.24, 2.45) is 0 Å². The summed E-state index contributed by atoms with van der Waals surface area (Å²) in [5, 5.41) is 43.2. The average Bonchev–Trinajstić information content (AvgIpc) is 4.17. The number of rotatable bonds is 19. The van der Waals surface area contributed by atoms with Gasteiger partial charge in [0.15, 0.2) is 35.1 Å². The number of imidazole rings is 2. The third kappa shape index (κ3) is 11.0. The Labute approximate surface area is 416 Å². The summed E-state index contributed by atoms with van der Waals surface area (Å²) in [4.78, 5) is 92.3. The van der Waals surface area contributed by atoms with Crippen molar-refractivity contribution in [1.82, 2.24) is 49.0 Å². The van der Waals surface area contributed by atoms with Crippen LogP contribution < -0.4 is 47.9 Å². The number of H-pyrrole nitrogens is 2. The lowest BCUT2D eigenvalue weighted by Crippen LogP contribution is -3.03. The summed E-state index contributed by atoms with van der Waals surface area (Å²) in [5.74, 6) is -0.754. The molecule has 17 atom stereocenters. The molecule has 410 valence electrons. The van der Waals surface area contributed by atoms with Gasteiger partial charge in [0, 0.05) is 18.8 Å². The highest BCUT2D eigenvalue weighted by Crippen LogP contribution is 2.63. The van der Waals surface area contributed by atoms with E-state index in [-0.39, 0.29) is 51.5 Å². The Morgan fingerprint density at radius 1 is 0.720 bits per heavy atom. The van der Waals surface area contributed by atoms with Crippen molar-refractivity contribution in [3.8, 4) is 0 Å². The van der Waals surface area contributed by atoms with E-state index in [4.69, 9.17) is 49.7 Å². The van der Waals surface area contributed by atoms with Gasteiger partial charge >= 0.3 is 24.9 Å². The van der Waals surface area contributed by atoms with Crippen molar-refractivity contribution < 1.29 is 109 Å². The van der Waals surface area contributed by atoms with E-state index in [0.717, 1.165) is 41.9 Å². The Morgan fingerprint density at radius 3 is 1.97 bits per heavy atom. The molecule has 5 aromatic heterocycles. The van der Waals surface area contributed by atoms with Gasteiger partial charge in [0.25, 0.3) is 41.1 Å². The van der Waals surface area contributed by atoms with E-state index in [1.165, 1.54) is 18.0 Å². The lowest BCUT2D eigenvalue weighted by atomic mass is 10.1. The van der Waals surface area contributed by atoms with Crippen LogP contribution in [0.2, 0.25) is 0 Å². The first-order valence-corrected chi connectivity index (χ1v) is 27.8. The highest BCUT2D eigenvalue weighted by Gasteiger charge is 2.54. The van der Waals surface area contributed by atoms with E-state index in [0.29, 0.717) is 4.90 Å². The molecule has 42 heteroatoms. The van der Waals surface area contributed by atoms with E-state index >= 15 is 0 Å². The number of phosphoric ester groups is 2. The molecule has 9 heterocycles. The smallest absolute Gasteiger partial charge is 0.401 e. The molecule has 3 saturated heterocycles. The van der Waals surface area contributed by atoms with Crippen molar-refractivity contribution >= 4 is 88.9 Å². The van der Waals surface area contributed by atoms with Crippen LogP contribution in [-0.2, 0) is 63.9 Å². The molecule has 0 radical (unpaired) electrons. The number of anilines is 3. The monoisotopic (exact) mass is 1140 g/mol. The molecule has 9 rings (SSSR count). The zero-order chi connectivity index (χ0) is 54.3. The molecule has 4 aliphatic heterocycles. The zero-order valence-corrected chi connectivity index (χ0v) is 42.0. The number of aromatic amines is 2. The largest absolute Gasteiger partial charge is 0.756 e. The van der Waals surface area contributed by atoms with Crippen molar-refractivity contribution in [3.63, 3.8) is 0 Å². The molecular formula is C33H44N15O23P4-. The van der Waals surface area contributed by atoms with Gasteiger partial charge in [-0.3, -0.25) is 51.5 Å². The Hall–Kier alpha value is -4.95. The fraction of sp³-hybridized carbons (Fsp3) is 0.545. The molecule has 4 unspecified atom stereocenters. The Kier molecular flexibility index (Phi) is 14.9. The number of nitrogen functional groups attached to an aromatic ring is 3. The summed E-state index contributed by atoms with van der Waals surface area (Å²) in [6.07, 6.45) is -14.8. The summed E-state index contributed by atoms with van der Waals surface area (Å²) >= 11 is 0. The average molecular weight is 1140 g/mol. The molecule has 0 saturated carbocycles. The van der Waals surface area contributed by atoms with Crippen LogP contribution >= 0.6 is 31.1 Å². The van der Waals surface area contributed by atoms with Gasteiger partial charge in [0.2, 0.25) is 12.2 Å². The van der Waals surface area contributed by atoms with E-state index in [9.17, 15) is 63.0 Å².